The van der Waals surface area contributed by atoms with Gasteiger partial charge in [-0.2, -0.15) is 0 Å². The predicted molar refractivity (Wildman–Crippen MR) is 64.9 cm³/mol. The maximum Gasteiger partial charge on any atom is 0.247 e. The van der Waals surface area contributed by atoms with Crippen LogP contribution in [0.1, 0.15) is 12.3 Å². The van der Waals surface area contributed by atoms with Gasteiger partial charge in [-0.1, -0.05) is 0 Å². The average molecular weight is 267 g/mol. The van der Waals surface area contributed by atoms with Crippen LogP contribution in [0, 0.1) is 0 Å². The minimum absolute atomic E-state index is 0.254. The van der Waals surface area contributed by atoms with Gasteiger partial charge in [0.05, 0.1) is 0 Å². The second-order valence-corrected chi connectivity index (χ2v) is 4.24. The number of hydrogen-bond acceptors (Lipinski definition) is 5. The fourth-order valence-corrected chi connectivity index (χ4v) is 1.85. The van der Waals surface area contributed by atoms with Gasteiger partial charge in [-0.3, -0.25) is 0 Å². The lowest BCUT2D eigenvalue weighted by Gasteiger charge is -1.97. The summed E-state index contributed by atoms with van der Waals surface area (Å²) in [6, 6.07) is 5.54. The SMILES string of the molecule is ClCCCc1nnc(-c2ccc3c(c2)OCO3)o1. The smallest absolute Gasteiger partial charge is 0.247 e. The number of fused-ring (bicyclic) bond motifs is 1. The molecule has 0 fully saturated rings. The number of aromatic nitrogens is 2. The van der Waals surface area contributed by atoms with E-state index in [2.05, 4.69) is 10.2 Å². The number of ether oxygens (including phenoxy) is 2. The highest BCUT2D eigenvalue weighted by molar-refractivity contribution is 6.17. The van der Waals surface area contributed by atoms with E-state index in [4.69, 9.17) is 25.5 Å². The van der Waals surface area contributed by atoms with E-state index < -0.39 is 0 Å². The van der Waals surface area contributed by atoms with Crippen LogP contribution in [0.15, 0.2) is 22.6 Å². The normalized spacial score (nSPS) is 12.9. The van der Waals surface area contributed by atoms with Gasteiger partial charge in [0, 0.05) is 17.9 Å². The van der Waals surface area contributed by atoms with Crippen LogP contribution in [0.25, 0.3) is 11.5 Å². The number of benzene rings is 1. The van der Waals surface area contributed by atoms with Gasteiger partial charge in [0.2, 0.25) is 18.6 Å². The van der Waals surface area contributed by atoms with Gasteiger partial charge in [-0.05, 0) is 24.6 Å². The Morgan fingerprint density at radius 3 is 2.94 bits per heavy atom. The van der Waals surface area contributed by atoms with Gasteiger partial charge in [-0.15, -0.1) is 21.8 Å². The molecule has 5 nitrogen and oxygen atoms in total. The summed E-state index contributed by atoms with van der Waals surface area (Å²) in [5.74, 6) is 3.11. The molecular weight excluding hydrogens is 256 g/mol. The van der Waals surface area contributed by atoms with Crippen LogP contribution < -0.4 is 9.47 Å². The summed E-state index contributed by atoms with van der Waals surface area (Å²) in [6.45, 7) is 0.254. The van der Waals surface area contributed by atoms with Crippen molar-refractivity contribution in [3.05, 3.63) is 24.1 Å². The van der Waals surface area contributed by atoms with Crippen LogP contribution in [0.2, 0.25) is 0 Å². The Morgan fingerprint density at radius 1 is 1.17 bits per heavy atom. The number of hydrogen-bond donors (Lipinski definition) is 0. The third kappa shape index (κ3) is 2.13. The Hall–Kier alpha value is -1.75. The Labute approximate surface area is 109 Å². The largest absolute Gasteiger partial charge is 0.454 e. The number of aryl methyl sites for hydroxylation is 1. The molecule has 18 heavy (non-hydrogen) atoms. The molecule has 3 rings (SSSR count). The second kappa shape index (κ2) is 4.86. The number of nitrogens with zero attached hydrogens (tertiary/aromatic N) is 2. The number of alkyl halides is 1. The van der Waals surface area contributed by atoms with Crippen LogP contribution in [-0.4, -0.2) is 22.9 Å². The van der Waals surface area contributed by atoms with Crippen molar-refractivity contribution in [1.29, 1.82) is 0 Å². The molecule has 0 spiro atoms. The van der Waals surface area contributed by atoms with Crippen LogP contribution in [0.3, 0.4) is 0 Å². The van der Waals surface area contributed by atoms with E-state index in [0.717, 1.165) is 17.7 Å². The summed E-state index contributed by atoms with van der Waals surface area (Å²) in [5, 5.41) is 7.98. The van der Waals surface area contributed by atoms with Crippen molar-refractivity contribution in [1.82, 2.24) is 10.2 Å². The van der Waals surface area contributed by atoms with Crippen LogP contribution >= 0.6 is 11.6 Å². The average Bonchev–Trinajstić information content (AvgIpc) is 3.04. The van der Waals surface area contributed by atoms with E-state index in [9.17, 15) is 0 Å². The second-order valence-electron chi connectivity index (χ2n) is 3.86. The first kappa shape index (κ1) is 11.3. The van der Waals surface area contributed by atoms with E-state index >= 15 is 0 Å². The Kier molecular flexibility index (Phi) is 3.06. The summed E-state index contributed by atoms with van der Waals surface area (Å²) in [5.41, 5.74) is 0.823. The summed E-state index contributed by atoms with van der Waals surface area (Å²) in [7, 11) is 0. The van der Waals surface area contributed by atoms with E-state index in [1.807, 2.05) is 18.2 Å². The number of rotatable bonds is 4. The molecule has 1 aliphatic rings. The van der Waals surface area contributed by atoms with E-state index in [-0.39, 0.29) is 6.79 Å². The molecule has 1 aliphatic heterocycles. The Morgan fingerprint density at radius 2 is 2.06 bits per heavy atom. The van der Waals surface area contributed by atoms with Gasteiger partial charge >= 0.3 is 0 Å². The fourth-order valence-electron chi connectivity index (χ4n) is 1.72. The van der Waals surface area contributed by atoms with Crippen molar-refractivity contribution in [3.63, 3.8) is 0 Å². The molecule has 94 valence electrons. The summed E-state index contributed by atoms with van der Waals surface area (Å²) >= 11 is 5.62. The summed E-state index contributed by atoms with van der Waals surface area (Å²) < 4.78 is 16.1. The van der Waals surface area contributed by atoms with E-state index in [1.165, 1.54) is 0 Å². The van der Waals surface area contributed by atoms with Gasteiger partial charge in [0.1, 0.15) is 0 Å². The van der Waals surface area contributed by atoms with E-state index in [0.29, 0.717) is 29.8 Å². The molecule has 0 atom stereocenters. The van der Waals surface area contributed by atoms with Crippen molar-refractivity contribution < 1.29 is 13.9 Å². The maximum atomic E-state index is 5.62. The highest BCUT2D eigenvalue weighted by Crippen LogP contribution is 2.35. The van der Waals surface area contributed by atoms with Crippen LogP contribution in [0.5, 0.6) is 11.5 Å². The maximum absolute atomic E-state index is 5.62. The molecule has 0 saturated heterocycles. The minimum Gasteiger partial charge on any atom is -0.454 e. The first-order valence-electron chi connectivity index (χ1n) is 5.65. The van der Waals surface area contributed by atoms with Crippen LogP contribution in [-0.2, 0) is 6.42 Å². The molecule has 1 aromatic carbocycles. The highest BCUT2D eigenvalue weighted by atomic mass is 35.5. The molecule has 2 aromatic rings. The molecule has 0 saturated carbocycles. The zero-order valence-electron chi connectivity index (χ0n) is 9.56. The van der Waals surface area contributed by atoms with Crippen molar-refractivity contribution in [3.8, 4) is 23.0 Å². The van der Waals surface area contributed by atoms with Gasteiger partial charge in [-0.25, -0.2) is 0 Å². The lowest BCUT2D eigenvalue weighted by Crippen LogP contribution is -1.92. The first-order chi connectivity index (χ1) is 8.86. The highest BCUT2D eigenvalue weighted by Gasteiger charge is 2.16. The molecule has 2 heterocycles. The van der Waals surface area contributed by atoms with Gasteiger partial charge in [0.15, 0.2) is 11.5 Å². The molecule has 1 aromatic heterocycles. The minimum atomic E-state index is 0.254. The lowest BCUT2D eigenvalue weighted by molar-refractivity contribution is 0.174. The lowest BCUT2D eigenvalue weighted by atomic mass is 10.2. The monoisotopic (exact) mass is 266 g/mol. The Bertz CT molecular complexity index is 556. The van der Waals surface area contributed by atoms with Crippen molar-refractivity contribution in [2.45, 2.75) is 12.8 Å². The first-order valence-corrected chi connectivity index (χ1v) is 6.18. The van der Waals surface area contributed by atoms with Crippen molar-refractivity contribution in [2.75, 3.05) is 12.7 Å². The molecular formula is C12H11ClN2O3. The molecule has 0 aliphatic carbocycles. The molecule has 6 heteroatoms. The fraction of sp³-hybridized carbons (Fsp3) is 0.333. The quantitative estimate of drug-likeness (QED) is 0.796. The van der Waals surface area contributed by atoms with E-state index in [1.54, 1.807) is 0 Å². The predicted octanol–water partition coefficient (Wildman–Crippen LogP) is 2.64. The third-order valence-corrected chi connectivity index (χ3v) is 2.88. The topological polar surface area (TPSA) is 57.4 Å². The zero-order chi connectivity index (χ0) is 12.4. The van der Waals surface area contributed by atoms with Crippen molar-refractivity contribution >= 4 is 11.6 Å². The summed E-state index contributed by atoms with van der Waals surface area (Å²) in [6.07, 6.45) is 1.52. The molecule has 0 N–H and O–H groups in total. The number of halogens is 1. The Balaban J connectivity index is 1.83. The molecule has 0 bridgehead atoms. The molecule has 0 amide bonds. The third-order valence-electron chi connectivity index (χ3n) is 2.61. The summed E-state index contributed by atoms with van der Waals surface area (Å²) in [4.78, 5) is 0. The molecule has 0 radical (unpaired) electrons. The standard InChI is InChI=1S/C12H11ClN2O3/c13-5-1-2-11-14-15-12(18-11)8-3-4-9-10(6-8)17-7-16-9/h3-4,6H,1-2,5,7H2. The van der Waals surface area contributed by atoms with Crippen molar-refractivity contribution in [2.24, 2.45) is 0 Å². The van der Waals surface area contributed by atoms with Crippen LogP contribution in [0.4, 0.5) is 0 Å². The molecule has 0 unspecified atom stereocenters. The van der Waals surface area contributed by atoms with Gasteiger partial charge in [0.25, 0.3) is 0 Å². The van der Waals surface area contributed by atoms with Gasteiger partial charge < -0.3 is 13.9 Å². The zero-order valence-corrected chi connectivity index (χ0v) is 10.3.